The summed E-state index contributed by atoms with van der Waals surface area (Å²) in [4.78, 5) is 13.9. The summed E-state index contributed by atoms with van der Waals surface area (Å²) in [7, 11) is 0. The van der Waals surface area contributed by atoms with E-state index in [1.807, 2.05) is 30.3 Å². The number of benzene rings is 1. The summed E-state index contributed by atoms with van der Waals surface area (Å²) in [6, 6.07) is 9.83. The van der Waals surface area contributed by atoms with Gasteiger partial charge in [-0.2, -0.15) is 0 Å². The molecule has 0 fully saturated rings. The third-order valence-corrected chi connectivity index (χ3v) is 2.29. The number of aliphatic hydroxyl groups excluding tert-OH is 1. The minimum atomic E-state index is -1.47. The highest BCUT2D eigenvalue weighted by Crippen LogP contribution is 2.11. The van der Waals surface area contributed by atoms with Crippen molar-refractivity contribution in [2.45, 2.75) is 26.4 Å². The van der Waals surface area contributed by atoms with Gasteiger partial charge in [-0.25, -0.2) is 0 Å². The highest BCUT2D eigenvalue weighted by atomic mass is 16.7. The molecule has 1 aromatic carbocycles. The number of fused-ring (bicyclic) bond motifs is 1. The number of aliphatic hydroxyl groups is 1. The molecule has 0 aliphatic heterocycles. The lowest BCUT2D eigenvalue weighted by molar-refractivity contribution is -0.292. The molecule has 0 unspecified atom stereocenters. The van der Waals surface area contributed by atoms with Crippen LogP contribution in [0.1, 0.15) is 26.3 Å². The first-order valence-corrected chi connectivity index (χ1v) is 6.66. The molecule has 0 saturated carbocycles. The van der Waals surface area contributed by atoms with Crippen molar-refractivity contribution in [3.8, 4) is 11.8 Å². The van der Waals surface area contributed by atoms with Crippen LogP contribution in [0, 0.1) is 11.8 Å². The molecule has 5 nitrogen and oxygen atoms in total. The number of ether oxygens (including phenoxy) is 1. The van der Waals surface area contributed by atoms with E-state index in [0.29, 0.717) is 0 Å². The van der Waals surface area contributed by atoms with Gasteiger partial charge < -0.3 is 19.7 Å². The van der Waals surface area contributed by atoms with Crippen molar-refractivity contribution >= 4 is 17.1 Å². The molecule has 0 aliphatic carbocycles. The number of pyridine rings is 1. The maximum atomic E-state index is 9.68. The van der Waals surface area contributed by atoms with E-state index in [4.69, 9.17) is 5.11 Å². The van der Waals surface area contributed by atoms with Gasteiger partial charge in [0.05, 0.1) is 5.52 Å². The average Bonchev–Trinajstić information content (AvgIpc) is 2.43. The number of aromatic nitrogens is 1. The molecule has 0 amide bonds. The smallest absolute Gasteiger partial charge is 0.252 e. The third kappa shape index (κ3) is 6.73. The Balaban J connectivity index is 0.000000261. The zero-order chi connectivity index (χ0) is 16.6. The Morgan fingerprint density at radius 3 is 2.59 bits per heavy atom. The standard InChI is InChI=1S/C12H9NO.C5H10O3/c14-7-3-4-10-8-11-5-1-2-6-12(11)13-9-10;1-5(2,3)8-4(6)7/h1-2,5-6,8-9,14H,7H2;1-3H3,(H,6,7)/p-1. The fourth-order valence-electron chi connectivity index (χ4n) is 1.53. The Hall–Kier alpha value is -2.58. The van der Waals surface area contributed by atoms with Gasteiger partial charge in [0.2, 0.25) is 0 Å². The minimum absolute atomic E-state index is 0.118. The van der Waals surface area contributed by atoms with Crippen molar-refractivity contribution in [3.63, 3.8) is 0 Å². The van der Waals surface area contributed by atoms with Crippen molar-refractivity contribution in [1.82, 2.24) is 4.98 Å². The first kappa shape index (κ1) is 17.5. The van der Waals surface area contributed by atoms with Crippen molar-refractivity contribution in [2.75, 3.05) is 6.61 Å². The van der Waals surface area contributed by atoms with Crippen LogP contribution in [0.4, 0.5) is 4.79 Å². The van der Waals surface area contributed by atoms with Crippen LogP contribution in [0.5, 0.6) is 0 Å². The van der Waals surface area contributed by atoms with E-state index < -0.39 is 11.8 Å². The molecule has 22 heavy (non-hydrogen) atoms. The molecule has 116 valence electrons. The first-order chi connectivity index (χ1) is 10.3. The van der Waals surface area contributed by atoms with Crippen LogP contribution in [0.2, 0.25) is 0 Å². The Kier molecular flexibility index (Phi) is 6.36. The first-order valence-electron chi connectivity index (χ1n) is 6.66. The number of carboxylic acid groups (broad SMARTS) is 1. The van der Waals surface area contributed by atoms with E-state index >= 15 is 0 Å². The fourth-order valence-corrected chi connectivity index (χ4v) is 1.53. The van der Waals surface area contributed by atoms with Gasteiger partial charge >= 0.3 is 0 Å². The number of carbonyl (C=O) groups is 1. The number of para-hydroxylation sites is 1. The molecule has 2 aromatic rings. The molecule has 0 spiro atoms. The number of hydrogen-bond acceptors (Lipinski definition) is 5. The Labute approximate surface area is 129 Å². The van der Waals surface area contributed by atoms with Crippen molar-refractivity contribution in [2.24, 2.45) is 0 Å². The predicted octanol–water partition coefficient (Wildman–Crippen LogP) is 1.72. The number of rotatable bonds is 0. The molecule has 1 N–H and O–H groups in total. The molecular formula is C17H18NO4-. The summed E-state index contributed by atoms with van der Waals surface area (Å²) in [5.74, 6) is 5.42. The van der Waals surface area contributed by atoms with Crippen LogP contribution < -0.4 is 5.11 Å². The van der Waals surface area contributed by atoms with Crippen LogP contribution in [0.15, 0.2) is 36.5 Å². The second kappa shape index (κ2) is 8.01. The molecule has 1 heterocycles. The van der Waals surface area contributed by atoms with E-state index in [0.717, 1.165) is 16.5 Å². The summed E-state index contributed by atoms with van der Waals surface area (Å²) >= 11 is 0. The second-order valence-electron chi connectivity index (χ2n) is 5.34. The quantitative estimate of drug-likeness (QED) is 0.592. The number of hydrogen-bond donors (Lipinski definition) is 1. The molecule has 0 saturated heterocycles. The van der Waals surface area contributed by atoms with Crippen LogP contribution in [0.3, 0.4) is 0 Å². The van der Waals surface area contributed by atoms with Crippen LogP contribution in [0.25, 0.3) is 10.9 Å². The zero-order valence-corrected chi connectivity index (χ0v) is 12.8. The maximum absolute atomic E-state index is 9.68. The van der Waals surface area contributed by atoms with Crippen molar-refractivity contribution < 1.29 is 19.7 Å². The lowest BCUT2D eigenvalue weighted by Gasteiger charge is -2.24. The summed E-state index contributed by atoms with van der Waals surface area (Å²) in [6.07, 6.45) is 0.239. The predicted molar refractivity (Wildman–Crippen MR) is 81.9 cm³/mol. The van der Waals surface area contributed by atoms with E-state index in [9.17, 15) is 9.90 Å². The van der Waals surface area contributed by atoms with Crippen LogP contribution in [-0.2, 0) is 4.74 Å². The Morgan fingerprint density at radius 1 is 1.36 bits per heavy atom. The van der Waals surface area contributed by atoms with Gasteiger partial charge in [-0.1, -0.05) is 30.0 Å². The van der Waals surface area contributed by atoms with Gasteiger partial charge in [0.1, 0.15) is 6.61 Å². The molecule has 0 radical (unpaired) electrons. The summed E-state index contributed by atoms with van der Waals surface area (Å²) in [6.45, 7) is 4.81. The fraction of sp³-hybridized carbons (Fsp3) is 0.294. The zero-order valence-electron chi connectivity index (χ0n) is 12.8. The lowest BCUT2D eigenvalue weighted by Crippen LogP contribution is -2.32. The summed E-state index contributed by atoms with van der Waals surface area (Å²) < 4.78 is 4.24. The van der Waals surface area contributed by atoms with Crippen LogP contribution >= 0.6 is 0 Å². The topological polar surface area (TPSA) is 82.5 Å². The Morgan fingerprint density at radius 2 is 2.05 bits per heavy atom. The highest BCUT2D eigenvalue weighted by molar-refractivity contribution is 5.79. The SMILES string of the molecule is CC(C)(C)OC(=O)[O-].OCC#Cc1cnc2ccccc2c1. The maximum Gasteiger partial charge on any atom is 0.252 e. The largest absolute Gasteiger partial charge is 0.544 e. The Bertz CT molecular complexity index is 693. The molecular weight excluding hydrogens is 282 g/mol. The number of nitrogens with zero attached hydrogens (tertiary/aromatic N) is 1. The van der Waals surface area contributed by atoms with Gasteiger partial charge in [-0.3, -0.25) is 4.98 Å². The van der Waals surface area contributed by atoms with E-state index in [2.05, 4.69) is 21.6 Å². The van der Waals surface area contributed by atoms with Gasteiger partial charge in [0.25, 0.3) is 6.16 Å². The van der Waals surface area contributed by atoms with Crippen LogP contribution in [-0.4, -0.2) is 28.5 Å². The molecule has 1 aromatic heterocycles. The molecule has 0 aliphatic rings. The summed E-state index contributed by atoms with van der Waals surface area (Å²) in [5.41, 5.74) is 1.15. The van der Waals surface area contributed by atoms with Gasteiger partial charge in [0, 0.05) is 22.7 Å². The number of carbonyl (C=O) groups excluding carboxylic acids is 1. The molecule has 2 rings (SSSR count). The third-order valence-electron chi connectivity index (χ3n) is 2.29. The van der Waals surface area contributed by atoms with E-state index in [-0.39, 0.29) is 6.61 Å². The minimum Gasteiger partial charge on any atom is -0.544 e. The molecule has 5 heteroatoms. The van der Waals surface area contributed by atoms with E-state index in [1.54, 1.807) is 27.0 Å². The van der Waals surface area contributed by atoms with E-state index in [1.165, 1.54) is 0 Å². The highest BCUT2D eigenvalue weighted by Gasteiger charge is 2.05. The van der Waals surface area contributed by atoms with Crippen molar-refractivity contribution in [1.29, 1.82) is 0 Å². The second-order valence-corrected chi connectivity index (χ2v) is 5.34. The van der Waals surface area contributed by atoms with Gasteiger partial charge in [-0.15, -0.1) is 0 Å². The average molecular weight is 300 g/mol. The van der Waals surface area contributed by atoms with Crippen molar-refractivity contribution in [3.05, 3.63) is 42.1 Å². The monoisotopic (exact) mass is 300 g/mol. The van der Waals surface area contributed by atoms with Gasteiger partial charge in [-0.05, 0) is 32.9 Å². The lowest BCUT2D eigenvalue weighted by atomic mass is 10.2. The molecule has 0 atom stereocenters. The molecule has 0 bridgehead atoms. The van der Waals surface area contributed by atoms with Gasteiger partial charge in [0.15, 0.2) is 0 Å². The summed E-state index contributed by atoms with van der Waals surface area (Å²) in [5, 5.41) is 19.3. The normalized spacial score (nSPS) is 10.0.